The van der Waals surface area contributed by atoms with Gasteiger partial charge in [0.2, 0.25) is 0 Å². The second-order valence-electron chi connectivity index (χ2n) is 6.05. The Morgan fingerprint density at radius 3 is 2.48 bits per heavy atom. The van der Waals surface area contributed by atoms with Crippen molar-refractivity contribution in [1.29, 1.82) is 0 Å². The Balaban J connectivity index is 1.92. The molecule has 1 aromatic heterocycles. The molecule has 2 aromatic carbocycles. The van der Waals surface area contributed by atoms with E-state index < -0.39 is 17.9 Å². The van der Waals surface area contributed by atoms with Gasteiger partial charge in [0.15, 0.2) is 11.4 Å². The summed E-state index contributed by atoms with van der Waals surface area (Å²) in [6.45, 7) is 1.38. The van der Waals surface area contributed by atoms with Crippen LogP contribution < -0.4 is 4.74 Å². The maximum Gasteiger partial charge on any atom is 0.326 e. The number of aliphatic carboxylic acids is 1. The number of carboxylic acid groups (broad SMARTS) is 1. The van der Waals surface area contributed by atoms with E-state index in [-0.39, 0.29) is 11.4 Å². The van der Waals surface area contributed by atoms with Gasteiger partial charge in [-0.2, -0.15) is 0 Å². The lowest BCUT2D eigenvalue weighted by atomic mass is 10.1. The molecule has 3 aromatic rings. The summed E-state index contributed by atoms with van der Waals surface area (Å²) in [7, 11) is 1.35. The highest BCUT2D eigenvalue weighted by Gasteiger charge is 2.26. The average Bonchev–Trinajstić information content (AvgIpc) is 2.67. The Kier molecular flexibility index (Phi) is 4.94. The number of benzene rings is 2. The zero-order valence-corrected chi connectivity index (χ0v) is 14.8. The van der Waals surface area contributed by atoms with Crippen molar-refractivity contribution in [3.63, 3.8) is 0 Å². The topological polar surface area (TPSA) is 100.0 Å². The third-order valence-corrected chi connectivity index (χ3v) is 4.28. The van der Waals surface area contributed by atoms with Crippen LogP contribution in [0.2, 0.25) is 0 Å². The molecule has 1 unspecified atom stereocenters. The number of para-hydroxylation sites is 1. The van der Waals surface area contributed by atoms with Crippen molar-refractivity contribution < 1.29 is 24.5 Å². The molecule has 1 amide bonds. The molecule has 0 spiro atoms. The van der Waals surface area contributed by atoms with E-state index >= 15 is 0 Å². The van der Waals surface area contributed by atoms with E-state index in [1.807, 2.05) is 30.3 Å². The fourth-order valence-corrected chi connectivity index (χ4v) is 2.54. The number of aromatic hydroxyl groups is 1. The second kappa shape index (κ2) is 7.33. The zero-order valence-electron chi connectivity index (χ0n) is 14.8. The van der Waals surface area contributed by atoms with Crippen LogP contribution in [0, 0.1) is 0 Å². The molecule has 0 aliphatic carbocycles. The van der Waals surface area contributed by atoms with Gasteiger partial charge in [-0.3, -0.25) is 4.79 Å². The largest absolute Gasteiger partial charge is 0.505 e. The van der Waals surface area contributed by atoms with Crippen LogP contribution in [0.4, 0.5) is 0 Å². The van der Waals surface area contributed by atoms with Crippen molar-refractivity contribution in [3.05, 3.63) is 60.4 Å². The first-order valence-electron chi connectivity index (χ1n) is 8.23. The van der Waals surface area contributed by atoms with E-state index in [1.54, 1.807) is 18.2 Å². The van der Waals surface area contributed by atoms with Crippen molar-refractivity contribution in [2.75, 3.05) is 7.05 Å². The lowest BCUT2D eigenvalue weighted by Crippen LogP contribution is -2.40. The van der Waals surface area contributed by atoms with Crippen LogP contribution in [0.1, 0.15) is 17.4 Å². The highest BCUT2D eigenvalue weighted by Crippen LogP contribution is 2.32. The van der Waals surface area contributed by atoms with Crippen LogP contribution in [0.25, 0.3) is 10.8 Å². The lowest BCUT2D eigenvalue weighted by Gasteiger charge is -2.21. The molecule has 1 heterocycles. The molecule has 0 fully saturated rings. The molecular weight excluding hydrogens is 348 g/mol. The van der Waals surface area contributed by atoms with Crippen LogP contribution in [0.3, 0.4) is 0 Å². The number of hydrogen-bond acceptors (Lipinski definition) is 5. The minimum Gasteiger partial charge on any atom is -0.505 e. The highest BCUT2D eigenvalue weighted by molar-refractivity contribution is 6.02. The van der Waals surface area contributed by atoms with Gasteiger partial charge in [0.05, 0.1) is 0 Å². The normalized spacial score (nSPS) is 11.8. The summed E-state index contributed by atoms with van der Waals surface area (Å²) in [6, 6.07) is 13.2. The molecule has 2 N–H and O–H groups in total. The summed E-state index contributed by atoms with van der Waals surface area (Å²) in [6.07, 6.45) is 1.44. The van der Waals surface area contributed by atoms with Crippen molar-refractivity contribution in [2.45, 2.75) is 13.0 Å². The number of hydrogen-bond donors (Lipinski definition) is 2. The van der Waals surface area contributed by atoms with Gasteiger partial charge in [0.25, 0.3) is 5.91 Å². The summed E-state index contributed by atoms with van der Waals surface area (Å²) in [4.78, 5) is 28.6. The number of ether oxygens (including phenoxy) is 1. The number of carbonyl (C=O) groups excluding carboxylic acids is 1. The molecule has 3 rings (SSSR count). The Morgan fingerprint density at radius 1 is 1.11 bits per heavy atom. The Hall–Kier alpha value is -3.61. The summed E-state index contributed by atoms with van der Waals surface area (Å²) >= 11 is 0. The van der Waals surface area contributed by atoms with E-state index in [9.17, 15) is 14.7 Å². The molecule has 0 radical (unpaired) electrons. The van der Waals surface area contributed by atoms with E-state index in [1.165, 1.54) is 20.2 Å². The predicted octanol–water partition coefficient (Wildman–Crippen LogP) is 3.28. The lowest BCUT2D eigenvalue weighted by molar-refractivity contribution is -0.141. The molecule has 7 nitrogen and oxygen atoms in total. The predicted molar refractivity (Wildman–Crippen MR) is 99.1 cm³/mol. The Labute approximate surface area is 155 Å². The van der Waals surface area contributed by atoms with Crippen LogP contribution in [-0.2, 0) is 4.79 Å². The Bertz CT molecular complexity index is 1000. The number of aromatic nitrogens is 1. The smallest absolute Gasteiger partial charge is 0.326 e. The molecule has 27 heavy (non-hydrogen) atoms. The first-order chi connectivity index (χ1) is 12.9. The fraction of sp³-hybridized carbons (Fsp3) is 0.150. The van der Waals surface area contributed by atoms with Gasteiger partial charge in [-0.25, -0.2) is 9.78 Å². The average molecular weight is 366 g/mol. The summed E-state index contributed by atoms with van der Waals surface area (Å²) in [5.41, 5.74) is -0.199. The van der Waals surface area contributed by atoms with Gasteiger partial charge in [0.1, 0.15) is 17.5 Å². The van der Waals surface area contributed by atoms with Gasteiger partial charge < -0.3 is 19.8 Å². The second-order valence-corrected chi connectivity index (χ2v) is 6.05. The summed E-state index contributed by atoms with van der Waals surface area (Å²) in [5, 5.41) is 20.5. The summed E-state index contributed by atoms with van der Waals surface area (Å²) in [5.74, 6) is -0.883. The van der Waals surface area contributed by atoms with E-state index in [2.05, 4.69) is 4.98 Å². The van der Waals surface area contributed by atoms with Gasteiger partial charge in [0, 0.05) is 24.0 Å². The van der Waals surface area contributed by atoms with Crippen LogP contribution in [0.15, 0.2) is 54.7 Å². The molecule has 1 atom stereocenters. The Morgan fingerprint density at radius 2 is 1.81 bits per heavy atom. The third-order valence-electron chi connectivity index (χ3n) is 4.28. The minimum absolute atomic E-state index is 0.199. The third kappa shape index (κ3) is 3.67. The molecule has 0 saturated heterocycles. The van der Waals surface area contributed by atoms with Gasteiger partial charge >= 0.3 is 5.97 Å². The number of pyridine rings is 1. The minimum atomic E-state index is -1.14. The van der Waals surface area contributed by atoms with Crippen molar-refractivity contribution >= 4 is 22.6 Å². The zero-order chi connectivity index (χ0) is 19.6. The number of likely N-dealkylation sites (N-methyl/N-ethyl adjacent to an activating group) is 1. The molecule has 0 aliphatic heterocycles. The van der Waals surface area contributed by atoms with Crippen molar-refractivity contribution in [1.82, 2.24) is 9.88 Å². The molecule has 7 heteroatoms. The number of fused-ring (bicyclic) bond motifs is 1. The quantitative estimate of drug-likeness (QED) is 0.719. The molecule has 0 saturated carbocycles. The standard InChI is InChI=1S/C20H18N2O5/c1-12(20(25)26)22(2)19(24)17-18(23)16-9-8-15(10-13(16)11-21-17)27-14-6-4-3-5-7-14/h3-12,23H,1-2H3,(H,25,26). The molecule has 138 valence electrons. The van der Waals surface area contributed by atoms with E-state index in [0.29, 0.717) is 22.3 Å². The number of rotatable bonds is 5. The van der Waals surface area contributed by atoms with Crippen molar-refractivity contribution in [3.8, 4) is 17.2 Å². The van der Waals surface area contributed by atoms with Gasteiger partial charge in [-0.05, 0) is 37.3 Å². The van der Waals surface area contributed by atoms with Crippen LogP contribution in [0.5, 0.6) is 17.2 Å². The highest BCUT2D eigenvalue weighted by atomic mass is 16.5. The first-order valence-corrected chi connectivity index (χ1v) is 8.23. The SMILES string of the molecule is CC(C(=O)O)N(C)C(=O)c1ncc2cc(Oc3ccccc3)ccc2c1O. The van der Waals surface area contributed by atoms with Crippen LogP contribution in [-0.4, -0.2) is 45.1 Å². The van der Waals surface area contributed by atoms with E-state index in [0.717, 1.165) is 4.90 Å². The maximum absolute atomic E-state index is 12.5. The van der Waals surface area contributed by atoms with Gasteiger partial charge in [-0.1, -0.05) is 18.2 Å². The number of nitrogens with zero attached hydrogens (tertiary/aromatic N) is 2. The maximum atomic E-state index is 12.5. The summed E-state index contributed by atoms with van der Waals surface area (Å²) < 4.78 is 5.75. The van der Waals surface area contributed by atoms with Gasteiger partial charge in [-0.15, -0.1) is 0 Å². The number of carbonyl (C=O) groups is 2. The fourth-order valence-electron chi connectivity index (χ4n) is 2.54. The monoisotopic (exact) mass is 366 g/mol. The van der Waals surface area contributed by atoms with E-state index in [4.69, 9.17) is 9.84 Å². The molecule has 0 aliphatic rings. The molecule has 0 bridgehead atoms. The molecular formula is C20H18N2O5. The van der Waals surface area contributed by atoms with Crippen LogP contribution >= 0.6 is 0 Å². The number of amides is 1. The first kappa shape index (κ1) is 18.2. The number of carboxylic acids is 1. The van der Waals surface area contributed by atoms with Crippen molar-refractivity contribution in [2.24, 2.45) is 0 Å².